The largest absolute Gasteiger partial charge is 0.371 e. The van der Waals surface area contributed by atoms with Gasteiger partial charge in [-0.15, -0.1) is 0 Å². The lowest BCUT2D eigenvalue weighted by atomic mass is 9.95. The van der Waals surface area contributed by atoms with Crippen LogP contribution in [0, 0.1) is 5.92 Å². The van der Waals surface area contributed by atoms with Crippen LogP contribution in [-0.4, -0.2) is 68.1 Å². The molecule has 3 heterocycles. The van der Waals surface area contributed by atoms with Gasteiger partial charge in [-0.25, -0.2) is 0 Å². The molecule has 1 aromatic heterocycles. The number of nitrogens with one attached hydrogen (secondary N) is 1. The number of amides is 1. The molecule has 0 radical (unpaired) electrons. The number of anilines is 2. The number of piperidine rings is 1. The molecule has 0 atom stereocenters. The van der Waals surface area contributed by atoms with E-state index in [0.29, 0.717) is 0 Å². The zero-order valence-electron chi connectivity index (χ0n) is 17.3. The van der Waals surface area contributed by atoms with Crippen LogP contribution in [0.5, 0.6) is 0 Å². The number of benzene rings is 1. The second-order valence-corrected chi connectivity index (χ2v) is 8.50. The molecule has 160 valence electrons. The Hall–Kier alpha value is -2.31. The Morgan fingerprint density at radius 3 is 2.37 bits per heavy atom. The van der Waals surface area contributed by atoms with Crippen LogP contribution < -0.4 is 15.1 Å². The van der Waals surface area contributed by atoms with E-state index in [-0.39, 0.29) is 11.8 Å². The second-order valence-electron chi connectivity index (χ2n) is 8.07. The van der Waals surface area contributed by atoms with Crippen LogP contribution in [0.4, 0.5) is 11.4 Å². The normalized spacial score (nSPS) is 18.4. The van der Waals surface area contributed by atoms with Gasteiger partial charge in [0.25, 0.3) is 0 Å². The smallest absolute Gasteiger partial charge is 0.223 e. The summed E-state index contributed by atoms with van der Waals surface area (Å²) in [5.41, 5.74) is 2.38. The van der Waals surface area contributed by atoms with Gasteiger partial charge in [-0.05, 0) is 43.2 Å². The lowest BCUT2D eigenvalue weighted by Crippen LogP contribution is -2.49. The molecule has 0 unspecified atom stereocenters. The van der Waals surface area contributed by atoms with Crippen molar-refractivity contribution >= 4 is 28.9 Å². The molecule has 0 saturated carbocycles. The van der Waals surface area contributed by atoms with E-state index in [1.807, 2.05) is 42.7 Å². The molecule has 0 bridgehead atoms. The summed E-state index contributed by atoms with van der Waals surface area (Å²) < 4.78 is 0. The molecule has 0 spiro atoms. The van der Waals surface area contributed by atoms with Gasteiger partial charge in [-0.2, -0.15) is 0 Å². The van der Waals surface area contributed by atoms with Crippen molar-refractivity contribution in [3.8, 4) is 0 Å². The van der Waals surface area contributed by atoms with E-state index in [4.69, 9.17) is 11.6 Å². The lowest BCUT2D eigenvalue weighted by Gasteiger charge is -2.36. The molecule has 2 aromatic rings. The summed E-state index contributed by atoms with van der Waals surface area (Å²) in [7, 11) is 0. The number of halogens is 1. The van der Waals surface area contributed by atoms with Crippen LogP contribution in [0.25, 0.3) is 0 Å². The van der Waals surface area contributed by atoms with Crippen LogP contribution in [0.1, 0.15) is 12.8 Å². The molecular weight excluding hydrogens is 398 g/mol. The first kappa shape index (κ1) is 20.9. The van der Waals surface area contributed by atoms with Crippen molar-refractivity contribution in [1.29, 1.82) is 0 Å². The third-order valence-corrected chi connectivity index (χ3v) is 6.40. The predicted molar refractivity (Wildman–Crippen MR) is 122 cm³/mol. The molecule has 0 aliphatic carbocycles. The van der Waals surface area contributed by atoms with E-state index in [0.717, 1.165) is 70.2 Å². The zero-order valence-corrected chi connectivity index (χ0v) is 18.1. The minimum Gasteiger partial charge on any atom is -0.371 e. The van der Waals surface area contributed by atoms with E-state index in [1.54, 1.807) is 0 Å². The fourth-order valence-electron chi connectivity index (χ4n) is 4.34. The molecule has 1 aromatic carbocycles. The zero-order chi connectivity index (χ0) is 20.8. The number of aromatic nitrogens is 1. The van der Waals surface area contributed by atoms with Gasteiger partial charge >= 0.3 is 0 Å². The number of hydrogen-bond donors (Lipinski definition) is 1. The van der Waals surface area contributed by atoms with E-state index >= 15 is 0 Å². The fourth-order valence-corrected chi connectivity index (χ4v) is 4.52. The van der Waals surface area contributed by atoms with Crippen LogP contribution in [0.3, 0.4) is 0 Å². The van der Waals surface area contributed by atoms with Gasteiger partial charge in [-0.3, -0.25) is 14.7 Å². The molecular formula is C23H30ClN5O. The Labute approximate surface area is 183 Å². The SMILES string of the molecule is O=C(NCCN1CCN(c2cccc(Cl)c2)CC1)C1CCN(c2ccncc2)CC1. The maximum absolute atomic E-state index is 12.6. The first-order valence-electron chi connectivity index (χ1n) is 10.8. The third kappa shape index (κ3) is 5.43. The van der Waals surface area contributed by atoms with Crippen molar-refractivity contribution in [2.24, 2.45) is 5.92 Å². The van der Waals surface area contributed by atoms with Gasteiger partial charge in [0.15, 0.2) is 0 Å². The number of carbonyl (C=O) groups is 1. The topological polar surface area (TPSA) is 51.7 Å². The number of hydrogen-bond acceptors (Lipinski definition) is 5. The quantitative estimate of drug-likeness (QED) is 0.768. The molecule has 2 aliphatic heterocycles. The third-order valence-electron chi connectivity index (χ3n) is 6.17. The Morgan fingerprint density at radius 2 is 1.67 bits per heavy atom. The highest BCUT2D eigenvalue weighted by molar-refractivity contribution is 6.30. The Bertz CT molecular complexity index is 817. The summed E-state index contributed by atoms with van der Waals surface area (Å²) >= 11 is 6.11. The standard InChI is InChI=1S/C23H30ClN5O/c24-20-2-1-3-22(18-20)29-16-14-27(15-17-29)13-10-26-23(30)19-6-11-28(12-7-19)21-4-8-25-9-5-21/h1-5,8-9,18-19H,6-7,10-17H2,(H,26,30). The predicted octanol–water partition coefficient (Wildman–Crippen LogP) is 2.89. The molecule has 6 nitrogen and oxygen atoms in total. The number of nitrogens with zero attached hydrogens (tertiary/aromatic N) is 4. The molecule has 2 aliphatic rings. The molecule has 1 amide bonds. The number of pyridine rings is 1. The van der Waals surface area contributed by atoms with Gasteiger partial charge in [-0.1, -0.05) is 17.7 Å². The van der Waals surface area contributed by atoms with E-state index in [2.05, 4.69) is 31.1 Å². The van der Waals surface area contributed by atoms with E-state index < -0.39 is 0 Å². The van der Waals surface area contributed by atoms with Crippen molar-refractivity contribution in [2.45, 2.75) is 12.8 Å². The van der Waals surface area contributed by atoms with Gasteiger partial charge < -0.3 is 15.1 Å². The van der Waals surface area contributed by atoms with Crippen molar-refractivity contribution in [2.75, 3.05) is 62.2 Å². The Morgan fingerprint density at radius 1 is 0.967 bits per heavy atom. The van der Waals surface area contributed by atoms with E-state index in [9.17, 15) is 4.79 Å². The van der Waals surface area contributed by atoms with Crippen molar-refractivity contribution in [1.82, 2.24) is 15.2 Å². The highest BCUT2D eigenvalue weighted by Crippen LogP contribution is 2.23. The van der Waals surface area contributed by atoms with Crippen LogP contribution in [0.2, 0.25) is 5.02 Å². The maximum atomic E-state index is 12.6. The maximum Gasteiger partial charge on any atom is 0.223 e. The average Bonchev–Trinajstić information content (AvgIpc) is 2.80. The molecule has 30 heavy (non-hydrogen) atoms. The van der Waals surface area contributed by atoms with Gasteiger partial charge in [0.05, 0.1) is 0 Å². The molecule has 1 N–H and O–H groups in total. The molecule has 4 rings (SSSR count). The highest BCUT2D eigenvalue weighted by Gasteiger charge is 2.25. The first-order chi connectivity index (χ1) is 14.7. The van der Waals surface area contributed by atoms with Crippen molar-refractivity contribution < 1.29 is 4.79 Å². The molecule has 2 saturated heterocycles. The first-order valence-corrected chi connectivity index (χ1v) is 11.2. The van der Waals surface area contributed by atoms with Crippen LogP contribution in [-0.2, 0) is 4.79 Å². The molecule has 2 fully saturated rings. The van der Waals surface area contributed by atoms with Gasteiger partial charge in [0, 0.05) is 87.1 Å². The fraction of sp³-hybridized carbons (Fsp3) is 0.478. The number of rotatable bonds is 6. The van der Waals surface area contributed by atoms with Crippen molar-refractivity contribution in [3.05, 3.63) is 53.8 Å². The number of piperazine rings is 1. The van der Waals surface area contributed by atoms with E-state index in [1.165, 1.54) is 11.4 Å². The Kier molecular flexibility index (Phi) is 7.07. The van der Waals surface area contributed by atoms with Crippen molar-refractivity contribution in [3.63, 3.8) is 0 Å². The van der Waals surface area contributed by atoms with Gasteiger partial charge in [0.2, 0.25) is 5.91 Å². The molecule has 7 heteroatoms. The summed E-state index contributed by atoms with van der Waals surface area (Å²) in [6, 6.07) is 12.1. The highest BCUT2D eigenvalue weighted by atomic mass is 35.5. The summed E-state index contributed by atoms with van der Waals surface area (Å²) in [5, 5.41) is 3.95. The van der Waals surface area contributed by atoms with Gasteiger partial charge in [0.1, 0.15) is 0 Å². The monoisotopic (exact) mass is 427 g/mol. The number of carbonyl (C=O) groups excluding carboxylic acids is 1. The minimum atomic E-state index is 0.128. The second kappa shape index (κ2) is 10.1. The summed E-state index contributed by atoms with van der Waals surface area (Å²) in [5.74, 6) is 0.338. The van der Waals surface area contributed by atoms with Crippen LogP contribution in [0.15, 0.2) is 48.8 Å². The summed E-state index contributed by atoms with van der Waals surface area (Å²) in [4.78, 5) is 23.8. The lowest BCUT2D eigenvalue weighted by molar-refractivity contribution is -0.125. The minimum absolute atomic E-state index is 0.128. The summed E-state index contributed by atoms with van der Waals surface area (Å²) in [6.07, 6.45) is 5.46. The Balaban J connectivity index is 1.14. The van der Waals surface area contributed by atoms with Crippen LogP contribution >= 0.6 is 11.6 Å². The summed E-state index contributed by atoms with van der Waals surface area (Å²) in [6.45, 7) is 7.47. The average molecular weight is 428 g/mol.